The highest BCUT2D eigenvalue weighted by molar-refractivity contribution is 7.99. The summed E-state index contributed by atoms with van der Waals surface area (Å²) in [4.78, 5) is 1.21. The van der Waals surface area contributed by atoms with Crippen molar-refractivity contribution < 1.29 is 0 Å². The van der Waals surface area contributed by atoms with Crippen LogP contribution in [0.5, 0.6) is 0 Å². The molecular weight excluding hydrogens is 166 g/mol. The Balaban J connectivity index is 2.51. The number of anilines is 1. The van der Waals surface area contributed by atoms with Gasteiger partial charge in [-0.25, -0.2) is 0 Å². The van der Waals surface area contributed by atoms with Crippen LogP contribution in [0.3, 0.4) is 0 Å². The van der Waals surface area contributed by atoms with Gasteiger partial charge in [0, 0.05) is 10.6 Å². The van der Waals surface area contributed by atoms with Crippen molar-refractivity contribution in [2.45, 2.75) is 11.8 Å². The molecule has 0 fully saturated rings. The summed E-state index contributed by atoms with van der Waals surface area (Å²) in [5, 5.41) is 0. The van der Waals surface area contributed by atoms with Gasteiger partial charge in [0.25, 0.3) is 0 Å². The Kier molecular flexibility index (Phi) is 3.56. The van der Waals surface area contributed by atoms with Gasteiger partial charge in [-0.1, -0.05) is 5.92 Å². The minimum atomic E-state index is 0.806. The van der Waals surface area contributed by atoms with Crippen molar-refractivity contribution in [1.82, 2.24) is 0 Å². The lowest BCUT2D eigenvalue weighted by atomic mass is 10.3. The molecule has 2 N–H and O–H groups in total. The zero-order valence-electron chi connectivity index (χ0n) is 7.00. The van der Waals surface area contributed by atoms with Crippen LogP contribution in [-0.2, 0) is 0 Å². The van der Waals surface area contributed by atoms with Crippen molar-refractivity contribution in [2.24, 2.45) is 0 Å². The second-order valence-electron chi connectivity index (χ2n) is 2.28. The Morgan fingerprint density at radius 3 is 2.58 bits per heavy atom. The normalized spacial score (nSPS) is 8.75. The molecule has 0 amide bonds. The molecule has 0 unspecified atom stereocenters. The number of hydrogen-bond donors (Lipinski definition) is 1. The molecule has 1 rings (SSSR count). The molecule has 0 aliphatic rings. The molecule has 1 nitrogen and oxygen atoms in total. The molecule has 0 aliphatic heterocycles. The molecule has 0 aliphatic carbocycles. The van der Waals surface area contributed by atoms with Crippen LogP contribution in [0, 0.1) is 11.8 Å². The van der Waals surface area contributed by atoms with E-state index in [4.69, 9.17) is 5.73 Å². The average molecular weight is 177 g/mol. The van der Waals surface area contributed by atoms with Crippen LogP contribution in [-0.4, -0.2) is 5.75 Å². The molecule has 0 saturated carbocycles. The lowest BCUT2D eigenvalue weighted by Crippen LogP contribution is -1.82. The smallest absolute Gasteiger partial charge is 0.0594 e. The molecule has 0 spiro atoms. The molecule has 0 saturated heterocycles. The molecule has 12 heavy (non-hydrogen) atoms. The van der Waals surface area contributed by atoms with Crippen LogP contribution in [0.25, 0.3) is 0 Å². The molecule has 0 aromatic heterocycles. The van der Waals surface area contributed by atoms with Gasteiger partial charge < -0.3 is 5.73 Å². The molecule has 62 valence electrons. The molecule has 2 heteroatoms. The van der Waals surface area contributed by atoms with E-state index < -0.39 is 0 Å². The maximum atomic E-state index is 5.54. The zero-order chi connectivity index (χ0) is 8.81. The Morgan fingerprint density at radius 2 is 2.00 bits per heavy atom. The molecule has 0 atom stereocenters. The number of thioether (sulfide) groups is 1. The third-order valence-corrected chi connectivity index (χ3v) is 2.26. The predicted octanol–water partition coefficient (Wildman–Crippen LogP) is 2.38. The molecule has 0 bridgehead atoms. The highest BCUT2D eigenvalue weighted by Crippen LogP contribution is 2.18. The largest absolute Gasteiger partial charge is 0.399 e. The van der Waals surface area contributed by atoms with Gasteiger partial charge in [0.05, 0.1) is 5.75 Å². The van der Waals surface area contributed by atoms with Crippen LogP contribution in [0.1, 0.15) is 6.92 Å². The van der Waals surface area contributed by atoms with E-state index in [0.29, 0.717) is 0 Å². The van der Waals surface area contributed by atoms with E-state index in [1.165, 1.54) is 4.90 Å². The second-order valence-corrected chi connectivity index (χ2v) is 3.33. The van der Waals surface area contributed by atoms with Gasteiger partial charge in [-0.3, -0.25) is 0 Å². The summed E-state index contributed by atoms with van der Waals surface area (Å²) in [6.07, 6.45) is 0. The van der Waals surface area contributed by atoms with Crippen molar-refractivity contribution in [3.8, 4) is 11.8 Å². The molecule has 0 heterocycles. The van der Waals surface area contributed by atoms with Crippen molar-refractivity contribution in [3.63, 3.8) is 0 Å². The van der Waals surface area contributed by atoms with E-state index in [9.17, 15) is 0 Å². The Labute approximate surface area is 77.4 Å². The summed E-state index contributed by atoms with van der Waals surface area (Å²) in [5.41, 5.74) is 6.35. The van der Waals surface area contributed by atoms with Gasteiger partial charge >= 0.3 is 0 Å². The van der Waals surface area contributed by atoms with E-state index in [0.717, 1.165) is 11.4 Å². The Morgan fingerprint density at radius 1 is 1.33 bits per heavy atom. The first-order chi connectivity index (χ1) is 5.83. The number of hydrogen-bond acceptors (Lipinski definition) is 2. The minimum absolute atomic E-state index is 0.806. The molecule has 1 aromatic rings. The lowest BCUT2D eigenvalue weighted by Gasteiger charge is -1.96. The summed E-state index contributed by atoms with van der Waals surface area (Å²) >= 11 is 1.72. The van der Waals surface area contributed by atoms with Crippen LogP contribution < -0.4 is 5.73 Å². The van der Waals surface area contributed by atoms with Crippen molar-refractivity contribution in [2.75, 3.05) is 11.5 Å². The average Bonchev–Trinajstić information content (AvgIpc) is 2.09. The standard InChI is InChI=1S/C10H11NS/c1-2-3-8-12-10-6-4-9(11)5-7-10/h4-7H,8,11H2,1H3. The summed E-state index contributed by atoms with van der Waals surface area (Å²) in [7, 11) is 0. The first-order valence-electron chi connectivity index (χ1n) is 3.71. The second kappa shape index (κ2) is 4.74. The fourth-order valence-electron chi connectivity index (χ4n) is 0.756. The number of nitrogen functional groups attached to an aromatic ring is 1. The van der Waals surface area contributed by atoms with E-state index in [-0.39, 0.29) is 0 Å². The Bertz CT molecular complexity index is 292. The van der Waals surface area contributed by atoms with E-state index >= 15 is 0 Å². The lowest BCUT2D eigenvalue weighted by molar-refractivity contribution is 1.46. The maximum Gasteiger partial charge on any atom is 0.0594 e. The fourth-order valence-corrected chi connectivity index (χ4v) is 1.47. The number of rotatable bonds is 2. The third kappa shape index (κ3) is 2.89. The highest BCUT2D eigenvalue weighted by Gasteiger charge is 1.90. The van der Waals surface area contributed by atoms with E-state index in [1.807, 2.05) is 31.2 Å². The first kappa shape index (κ1) is 9.02. The maximum absolute atomic E-state index is 5.54. The number of nitrogens with two attached hydrogens (primary N) is 1. The van der Waals surface area contributed by atoms with Gasteiger partial charge in [0.1, 0.15) is 0 Å². The molecule has 0 radical (unpaired) electrons. The zero-order valence-corrected chi connectivity index (χ0v) is 7.82. The SMILES string of the molecule is CC#CCSc1ccc(N)cc1. The summed E-state index contributed by atoms with van der Waals surface area (Å²) in [6, 6.07) is 7.83. The van der Waals surface area contributed by atoms with Crippen LogP contribution in [0.15, 0.2) is 29.2 Å². The van der Waals surface area contributed by atoms with E-state index in [1.54, 1.807) is 11.8 Å². The number of benzene rings is 1. The summed E-state index contributed by atoms with van der Waals surface area (Å²) < 4.78 is 0. The van der Waals surface area contributed by atoms with E-state index in [2.05, 4.69) is 11.8 Å². The van der Waals surface area contributed by atoms with Crippen LogP contribution >= 0.6 is 11.8 Å². The van der Waals surface area contributed by atoms with Crippen molar-refractivity contribution in [3.05, 3.63) is 24.3 Å². The van der Waals surface area contributed by atoms with Crippen LogP contribution in [0.2, 0.25) is 0 Å². The summed E-state index contributed by atoms with van der Waals surface area (Å²) in [6.45, 7) is 1.85. The topological polar surface area (TPSA) is 26.0 Å². The van der Waals surface area contributed by atoms with Crippen LogP contribution in [0.4, 0.5) is 5.69 Å². The van der Waals surface area contributed by atoms with Gasteiger partial charge in [-0.05, 0) is 31.2 Å². The highest BCUT2D eigenvalue weighted by atomic mass is 32.2. The van der Waals surface area contributed by atoms with Gasteiger partial charge in [-0.2, -0.15) is 0 Å². The van der Waals surface area contributed by atoms with Crippen molar-refractivity contribution >= 4 is 17.4 Å². The van der Waals surface area contributed by atoms with Crippen molar-refractivity contribution in [1.29, 1.82) is 0 Å². The Hall–Kier alpha value is -1.07. The monoisotopic (exact) mass is 177 g/mol. The first-order valence-corrected chi connectivity index (χ1v) is 4.69. The fraction of sp³-hybridized carbons (Fsp3) is 0.200. The third-order valence-electron chi connectivity index (χ3n) is 1.37. The predicted molar refractivity (Wildman–Crippen MR) is 55.0 cm³/mol. The molecule has 1 aromatic carbocycles. The van der Waals surface area contributed by atoms with Gasteiger partial charge in [0.15, 0.2) is 0 Å². The van der Waals surface area contributed by atoms with Gasteiger partial charge in [0.2, 0.25) is 0 Å². The molecular formula is C10H11NS. The quantitative estimate of drug-likeness (QED) is 0.426. The summed E-state index contributed by atoms with van der Waals surface area (Å²) in [5.74, 6) is 6.69. The minimum Gasteiger partial charge on any atom is -0.399 e. The van der Waals surface area contributed by atoms with Gasteiger partial charge in [-0.15, -0.1) is 17.7 Å².